The van der Waals surface area contributed by atoms with Crippen molar-refractivity contribution in [1.82, 2.24) is 15.1 Å². The summed E-state index contributed by atoms with van der Waals surface area (Å²) in [7, 11) is -2.75. The number of nitrogens with zero attached hydrogens (tertiary/aromatic N) is 2. The van der Waals surface area contributed by atoms with Crippen molar-refractivity contribution in [3.8, 4) is 0 Å². The highest BCUT2D eigenvalue weighted by Gasteiger charge is 2.28. The number of piperazine rings is 1. The lowest BCUT2D eigenvalue weighted by molar-refractivity contribution is 0.128. The summed E-state index contributed by atoms with van der Waals surface area (Å²) >= 11 is 0. The van der Waals surface area contributed by atoms with Gasteiger partial charge in [0.2, 0.25) is 0 Å². The molecule has 2 saturated heterocycles. The molecule has 1 unspecified atom stereocenters. The molecule has 0 amide bonds. The summed E-state index contributed by atoms with van der Waals surface area (Å²) in [6.07, 6.45) is 3.67. The molecule has 20 heavy (non-hydrogen) atoms. The van der Waals surface area contributed by atoms with E-state index >= 15 is 0 Å². The van der Waals surface area contributed by atoms with Crippen LogP contribution < -0.4 is 5.32 Å². The smallest absolute Gasteiger partial charge is 0.151 e. The molecule has 0 radical (unpaired) electrons. The maximum Gasteiger partial charge on any atom is 0.151 e. The van der Waals surface area contributed by atoms with Gasteiger partial charge in [-0.25, -0.2) is 8.42 Å². The predicted octanol–water partition coefficient (Wildman–Crippen LogP) is -0.209. The summed E-state index contributed by atoms with van der Waals surface area (Å²) in [6, 6.07) is 0.191. The number of hydrogen-bond donors (Lipinski definition) is 1. The first kappa shape index (κ1) is 14.8. The number of hydrogen-bond acceptors (Lipinski definition) is 5. The second-order valence-corrected chi connectivity index (χ2v) is 8.87. The summed E-state index contributed by atoms with van der Waals surface area (Å²) < 4.78 is 22.8. The van der Waals surface area contributed by atoms with Gasteiger partial charge in [-0.15, -0.1) is 0 Å². The highest BCUT2D eigenvalue weighted by atomic mass is 32.2. The molecule has 0 bridgehead atoms. The van der Waals surface area contributed by atoms with E-state index in [2.05, 4.69) is 15.1 Å². The monoisotopic (exact) mass is 301 g/mol. The Morgan fingerprint density at radius 3 is 2.30 bits per heavy atom. The fourth-order valence-corrected chi connectivity index (χ4v) is 4.95. The van der Waals surface area contributed by atoms with Crippen LogP contribution in [0.3, 0.4) is 0 Å². The van der Waals surface area contributed by atoms with Crippen LogP contribution in [0.4, 0.5) is 0 Å². The standard InChI is InChI=1S/C14H27N3O2S/c18-20(19)10-3-14(12-20)15-4-5-16-6-8-17(9-7-16)11-13-1-2-13/h13-15H,1-12H2. The lowest BCUT2D eigenvalue weighted by Crippen LogP contribution is -2.49. The molecule has 1 N–H and O–H groups in total. The van der Waals surface area contributed by atoms with Gasteiger partial charge in [-0.1, -0.05) is 0 Å². The fourth-order valence-electron chi connectivity index (χ4n) is 3.24. The zero-order chi connectivity index (χ0) is 14.0. The van der Waals surface area contributed by atoms with Gasteiger partial charge in [0.1, 0.15) is 0 Å². The Balaban J connectivity index is 1.28. The Bertz CT molecular complexity index is 414. The largest absolute Gasteiger partial charge is 0.312 e. The SMILES string of the molecule is O=S1(=O)CCC(NCCN2CCN(CC3CC3)CC2)C1. The van der Waals surface area contributed by atoms with Gasteiger partial charge in [-0.3, -0.25) is 4.90 Å². The maximum atomic E-state index is 11.4. The van der Waals surface area contributed by atoms with Crippen molar-refractivity contribution in [2.75, 3.05) is 57.3 Å². The van der Waals surface area contributed by atoms with E-state index in [1.165, 1.54) is 32.5 Å². The van der Waals surface area contributed by atoms with Crippen LogP contribution in [-0.4, -0.2) is 81.6 Å². The molecule has 0 aromatic heterocycles. The van der Waals surface area contributed by atoms with Gasteiger partial charge in [-0.2, -0.15) is 0 Å². The van der Waals surface area contributed by atoms with Crippen molar-refractivity contribution in [3.05, 3.63) is 0 Å². The molecular formula is C14H27N3O2S. The van der Waals surface area contributed by atoms with E-state index in [0.717, 1.165) is 38.5 Å². The zero-order valence-electron chi connectivity index (χ0n) is 12.3. The molecular weight excluding hydrogens is 274 g/mol. The minimum absolute atomic E-state index is 0.191. The first-order chi connectivity index (χ1) is 9.61. The van der Waals surface area contributed by atoms with Crippen LogP contribution in [0.25, 0.3) is 0 Å². The Labute approximate surface area is 122 Å². The molecule has 3 aliphatic rings. The van der Waals surface area contributed by atoms with E-state index in [1.807, 2.05) is 0 Å². The fraction of sp³-hybridized carbons (Fsp3) is 1.00. The molecule has 6 heteroatoms. The first-order valence-corrected chi connectivity index (χ1v) is 9.81. The van der Waals surface area contributed by atoms with Crippen molar-refractivity contribution >= 4 is 9.84 Å². The van der Waals surface area contributed by atoms with Crippen LogP contribution in [-0.2, 0) is 9.84 Å². The molecule has 5 nitrogen and oxygen atoms in total. The molecule has 0 aromatic carbocycles. The summed E-state index contributed by atoms with van der Waals surface area (Å²) in [5.41, 5.74) is 0. The number of rotatable bonds is 6. The minimum atomic E-state index is -2.75. The van der Waals surface area contributed by atoms with Gasteiger partial charge >= 0.3 is 0 Å². The van der Waals surface area contributed by atoms with Gasteiger partial charge in [-0.05, 0) is 25.2 Å². The van der Waals surface area contributed by atoms with Crippen molar-refractivity contribution in [3.63, 3.8) is 0 Å². The van der Waals surface area contributed by atoms with E-state index in [4.69, 9.17) is 0 Å². The van der Waals surface area contributed by atoms with Crippen LogP contribution in [0.15, 0.2) is 0 Å². The van der Waals surface area contributed by atoms with Crippen molar-refractivity contribution < 1.29 is 8.42 Å². The average Bonchev–Trinajstić information content (AvgIpc) is 3.15. The predicted molar refractivity (Wildman–Crippen MR) is 80.7 cm³/mol. The van der Waals surface area contributed by atoms with E-state index in [1.54, 1.807) is 0 Å². The second-order valence-electron chi connectivity index (χ2n) is 6.64. The molecule has 1 saturated carbocycles. The highest BCUT2D eigenvalue weighted by molar-refractivity contribution is 7.91. The first-order valence-electron chi connectivity index (χ1n) is 7.99. The topological polar surface area (TPSA) is 52.7 Å². The molecule has 0 spiro atoms. The highest BCUT2D eigenvalue weighted by Crippen LogP contribution is 2.29. The lowest BCUT2D eigenvalue weighted by atomic mass is 10.2. The quantitative estimate of drug-likeness (QED) is 0.736. The van der Waals surface area contributed by atoms with Crippen molar-refractivity contribution in [2.24, 2.45) is 5.92 Å². The van der Waals surface area contributed by atoms with E-state index < -0.39 is 9.84 Å². The maximum absolute atomic E-state index is 11.4. The molecule has 1 aliphatic carbocycles. The van der Waals surface area contributed by atoms with Crippen LogP contribution >= 0.6 is 0 Å². The van der Waals surface area contributed by atoms with Crippen LogP contribution in [0, 0.1) is 5.92 Å². The van der Waals surface area contributed by atoms with E-state index in [0.29, 0.717) is 11.5 Å². The summed E-state index contributed by atoms with van der Waals surface area (Å²) in [4.78, 5) is 5.10. The van der Waals surface area contributed by atoms with Gasteiger partial charge in [0.15, 0.2) is 9.84 Å². The van der Waals surface area contributed by atoms with Gasteiger partial charge in [0.05, 0.1) is 11.5 Å². The Kier molecular flexibility index (Phi) is 4.65. The molecule has 116 valence electrons. The number of sulfone groups is 1. The van der Waals surface area contributed by atoms with E-state index in [9.17, 15) is 8.42 Å². The van der Waals surface area contributed by atoms with Crippen LogP contribution in [0.5, 0.6) is 0 Å². The Morgan fingerprint density at radius 2 is 1.70 bits per heavy atom. The number of nitrogens with one attached hydrogen (secondary N) is 1. The Hall–Kier alpha value is -0.170. The van der Waals surface area contributed by atoms with Gasteiger partial charge < -0.3 is 10.2 Å². The molecule has 3 fully saturated rings. The summed E-state index contributed by atoms with van der Waals surface area (Å²) in [6.45, 7) is 8.01. The second kappa shape index (κ2) is 6.30. The third-order valence-electron chi connectivity index (χ3n) is 4.77. The van der Waals surface area contributed by atoms with Crippen molar-refractivity contribution in [1.29, 1.82) is 0 Å². The zero-order valence-corrected chi connectivity index (χ0v) is 13.1. The molecule has 3 rings (SSSR count). The molecule has 2 heterocycles. The van der Waals surface area contributed by atoms with Crippen LogP contribution in [0.1, 0.15) is 19.3 Å². The van der Waals surface area contributed by atoms with Crippen LogP contribution in [0.2, 0.25) is 0 Å². The Morgan fingerprint density at radius 1 is 1.00 bits per heavy atom. The molecule has 1 atom stereocenters. The van der Waals surface area contributed by atoms with Gasteiger partial charge in [0.25, 0.3) is 0 Å². The van der Waals surface area contributed by atoms with Gasteiger partial charge in [0, 0.05) is 51.9 Å². The summed E-state index contributed by atoms with van der Waals surface area (Å²) in [5, 5.41) is 3.40. The minimum Gasteiger partial charge on any atom is -0.312 e. The summed E-state index contributed by atoms with van der Waals surface area (Å²) in [5.74, 6) is 1.69. The third-order valence-corrected chi connectivity index (χ3v) is 6.54. The van der Waals surface area contributed by atoms with Crippen molar-refractivity contribution in [2.45, 2.75) is 25.3 Å². The lowest BCUT2D eigenvalue weighted by Gasteiger charge is -2.34. The molecule has 2 aliphatic heterocycles. The average molecular weight is 301 g/mol. The third kappa shape index (κ3) is 4.41. The normalized spacial score (nSPS) is 31.7. The van der Waals surface area contributed by atoms with E-state index in [-0.39, 0.29) is 6.04 Å². The molecule has 0 aromatic rings.